The monoisotopic (exact) mass is 240 g/mol. The lowest BCUT2D eigenvalue weighted by Crippen LogP contribution is -2.36. The van der Waals surface area contributed by atoms with E-state index in [-0.39, 0.29) is 0 Å². The number of nitrogens with zero attached hydrogens (tertiary/aromatic N) is 1. The Morgan fingerprint density at radius 1 is 1.12 bits per heavy atom. The third-order valence-electron chi connectivity index (χ3n) is 3.82. The van der Waals surface area contributed by atoms with Crippen LogP contribution in [0.15, 0.2) is 0 Å². The molecule has 0 saturated heterocycles. The van der Waals surface area contributed by atoms with Crippen LogP contribution in [0.3, 0.4) is 0 Å². The quantitative estimate of drug-likeness (QED) is 0.670. The summed E-state index contributed by atoms with van der Waals surface area (Å²) in [5.41, 5.74) is 5.79. The second kappa shape index (κ2) is 7.38. The highest BCUT2D eigenvalue weighted by molar-refractivity contribution is 4.79. The zero-order chi connectivity index (χ0) is 12.8. The van der Waals surface area contributed by atoms with Crippen molar-refractivity contribution >= 4 is 0 Å². The summed E-state index contributed by atoms with van der Waals surface area (Å²) in [7, 11) is 0. The molecule has 0 aliphatic heterocycles. The lowest BCUT2D eigenvalue weighted by atomic mass is 10.0. The van der Waals surface area contributed by atoms with E-state index in [9.17, 15) is 0 Å². The van der Waals surface area contributed by atoms with Crippen molar-refractivity contribution in [2.75, 3.05) is 13.1 Å². The van der Waals surface area contributed by atoms with Crippen molar-refractivity contribution < 1.29 is 0 Å². The van der Waals surface area contributed by atoms with Gasteiger partial charge >= 0.3 is 0 Å². The highest BCUT2D eigenvalue weighted by atomic mass is 15.1. The maximum Gasteiger partial charge on any atom is 0.00388 e. The standard InChI is InChI=1S/C15H32N2/c1-12(2)17(11-15-8-9-15)10-13(3)6-5-7-14(4)16/h12-15H,5-11,16H2,1-4H3. The summed E-state index contributed by atoms with van der Waals surface area (Å²) in [6.07, 6.45) is 6.71. The molecule has 0 amide bonds. The van der Waals surface area contributed by atoms with Crippen LogP contribution in [0.1, 0.15) is 59.8 Å². The largest absolute Gasteiger partial charge is 0.328 e. The molecule has 1 aliphatic carbocycles. The Morgan fingerprint density at radius 2 is 1.76 bits per heavy atom. The first-order valence-electron chi connectivity index (χ1n) is 7.48. The lowest BCUT2D eigenvalue weighted by Gasteiger charge is -2.29. The third-order valence-corrected chi connectivity index (χ3v) is 3.82. The van der Waals surface area contributed by atoms with Gasteiger partial charge in [0.25, 0.3) is 0 Å². The molecule has 17 heavy (non-hydrogen) atoms. The first-order chi connectivity index (χ1) is 7.99. The van der Waals surface area contributed by atoms with E-state index in [1.807, 2.05) is 0 Å². The summed E-state index contributed by atoms with van der Waals surface area (Å²) < 4.78 is 0. The Bertz CT molecular complexity index is 197. The van der Waals surface area contributed by atoms with Crippen molar-refractivity contribution in [2.45, 2.75) is 71.9 Å². The predicted octanol–water partition coefficient (Wildman–Crippen LogP) is 3.26. The molecule has 102 valence electrons. The molecule has 0 aromatic heterocycles. The Balaban J connectivity index is 2.18. The second-order valence-corrected chi connectivity index (χ2v) is 6.50. The van der Waals surface area contributed by atoms with E-state index >= 15 is 0 Å². The lowest BCUT2D eigenvalue weighted by molar-refractivity contribution is 0.179. The zero-order valence-electron chi connectivity index (χ0n) is 12.3. The van der Waals surface area contributed by atoms with Crippen molar-refractivity contribution in [1.29, 1.82) is 0 Å². The molecule has 2 nitrogen and oxygen atoms in total. The normalized spacial score (nSPS) is 19.9. The van der Waals surface area contributed by atoms with Gasteiger partial charge in [0.05, 0.1) is 0 Å². The molecular formula is C15H32N2. The van der Waals surface area contributed by atoms with E-state index in [2.05, 4.69) is 32.6 Å². The van der Waals surface area contributed by atoms with Crippen molar-refractivity contribution in [3.63, 3.8) is 0 Å². The van der Waals surface area contributed by atoms with E-state index in [0.717, 1.165) is 11.8 Å². The second-order valence-electron chi connectivity index (χ2n) is 6.50. The summed E-state index contributed by atoms with van der Waals surface area (Å²) in [5.74, 6) is 1.82. The van der Waals surface area contributed by atoms with E-state index in [0.29, 0.717) is 12.1 Å². The maximum atomic E-state index is 5.79. The van der Waals surface area contributed by atoms with E-state index in [1.54, 1.807) is 0 Å². The molecule has 0 radical (unpaired) electrons. The zero-order valence-corrected chi connectivity index (χ0v) is 12.3. The summed E-state index contributed by atoms with van der Waals surface area (Å²) >= 11 is 0. The van der Waals surface area contributed by atoms with E-state index in [4.69, 9.17) is 5.73 Å². The van der Waals surface area contributed by atoms with Crippen molar-refractivity contribution in [3.8, 4) is 0 Å². The van der Waals surface area contributed by atoms with Gasteiger partial charge in [-0.3, -0.25) is 0 Å². The highest BCUT2D eigenvalue weighted by Gasteiger charge is 2.25. The molecule has 0 spiro atoms. The van der Waals surface area contributed by atoms with Crippen LogP contribution in [-0.4, -0.2) is 30.1 Å². The van der Waals surface area contributed by atoms with Gasteiger partial charge in [-0.2, -0.15) is 0 Å². The van der Waals surface area contributed by atoms with Crippen molar-refractivity contribution in [1.82, 2.24) is 4.90 Å². The summed E-state index contributed by atoms with van der Waals surface area (Å²) in [4.78, 5) is 2.67. The Morgan fingerprint density at radius 3 is 2.24 bits per heavy atom. The molecule has 2 atom stereocenters. The molecule has 0 aromatic carbocycles. The number of hydrogen-bond acceptors (Lipinski definition) is 2. The Kier molecular flexibility index (Phi) is 6.50. The van der Waals surface area contributed by atoms with E-state index < -0.39 is 0 Å². The smallest absolute Gasteiger partial charge is 0.00388 e. The Hall–Kier alpha value is -0.0800. The molecule has 1 saturated carbocycles. The molecule has 2 heteroatoms. The van der Waals surface area contributed by atoms with Gasteiger partial charge in [0.15, 0.2) is 0 Å². The van der Waals surface area contributed by atoms with Crippen LogP contribution in [0.5, 0.6) is 0 Å². The summed E-state index contributed by atoms with van der Waals surface area (Å²) in [6.45, 7) is 11.8. The minimum absolute atomic E-state index is 0.370. The molecule has 2 unspecified atom stereocenters. The highest BCUT2D eigenvalue weighted by Crippen LogP contribution is 2.30. The van der Waals surface area contributed by atoms with Crippen LogP contribution in [0.2, 0.25) is 0 Å². The van der Waals surface area contributed by atoms with Crippen LogP contribution in [0.4, 0.5) is 0 Å². The van der Waals surface area contributed by atoms with Crippen molar-refractivity contribution in [3.05, 3.63) is 0 Å². The maximum absolute atomic E-state index is 5.79. The number of hydrogen-bond donors (Lipinski definition) is 1. The predicted molar refractivity (Wildman–Crippen MR) is 76.1 cm³/mol. The van der Waals surface area contributed by atoms with Crippen LogP contribution in [-0.2, 0) is 0 Å². The minimum atomic E-state index is 0.370. The average molecular weight is 240 g/mol. The minimum Gasteiger partial charge on any atom is -0.328 e. The third kappa shape index (κ3) is 7.05. The Labute approximate surface area is 108 Å². The van der Waals surface area contributed by atoms with Gasteiger partial charge < -0.3 is 10.6 Å². The molecule has 1 aliphatic rings. The van der Waals surface area contributed by atoms with Crippen LogP contribution < -0.4 is 5.73 Å². The first-order valence-corrected chi connectivity index (χ1v) is 7.48. The van der Waals surface area contributed by atoms with Gasteiger partial charge in [0, 0.05) is 25.2 Å². The van der Waals surface area contributed by atoms with Gasteiger partial charge in [-0.25, -0.2) is 0 Å². The van der Waals surface area contributed by atoms with E-state index in [1.165, 1.54) is 45.2 Å². The van der Waals surface area contributed by atoms with Crippen LogP contribution in [0, 0.1) is 11.8 Å². The fourth-order valence-electron chi connectivity index (χ4n) is 2.41. The average Bonchev–Trinajstić information content (AvgIpc) is 2.99. The topological polar surface area (TPSA) is 29.3 Å². The summed E-state index contributed by atoms with van der Waals surface area (Å²) in [5, 5.41) is 0. The molecule has 1 fully saturated rings. The molecule has 0 bridgehead atoms. The first kappa shape index (κ1) is 15.0. The summed E-state index contributed by atoms with van der Waals surface area (Å²) in [6, 6.07) is 1.07. The fraction of sp³-hybridized carbons (Fsp3) is 1.00. The van der Waals surface area contributed by atoms with Gasteiger partial charge in [-0.15, -0.1) is 0 Å². The van der Waals surface area contributed by atoms with Crippen LogP contribution >= 0.6 is 0 Å². The van der Waals surface area contributed by atoms with Gasteiger partial charge in [0.2, 0.25) is 0 Å². The van der Waals surface area contributed by atoms with Gasteiger partial charge in [0.1, 0.15) is 0 Å². The molecule has 1 rings (SSSR count). The number of nitrogens with two attached hydrogens (primary N) is 1. The molecular weight excluding hydrogens is 208 g/mol. The molecule has 0 heterocycles. The fourth-order valence-corrected chi connectivity index (χ4v) is 2.41. The van der Waals surface area contributed by atoms with Gasteiger partial charge in [-0.1, -0.05) is 13.3 Å². The molecule has 2 N–H and O–H groups in total. The molecule has 0 aromatic rings. The van der Waals surface area contributed by atoms with Crippen LogP contribution in [0.25, 0.3) is 0 Å². The number of rotatable bonds is 9. The SMILES string of the molecule is CC(N)CCCC(C)CN(CC1CC1)C(C)C. The van der Waals surface area contributed by atoms with Crippen molar-refractivity contribution in [2.24, 2.45) is 17.6 Å². The van der Waals surface area contributed by atoms with Gasteiger partial charge in [-0.05, 0) is 58.3 Å².